The molecule has 0 unspecified atom stereocenters. The average molecular weight is 223 g/mol. The second-order valence-electron chi connectivity index (χ2n) is 3.05. The first-order valence-corrected chi connectivity index (χ1v) is 5.28. The molecule has 0 radical (unpaired) electrons. The monoisotopic (exact) mass is 222 g/mol. The van der Waals surface area contributed by atoms with Gasteiger partial charge in [0.2, 0.25) is 0 Å². The number of hydrogen-bond acceptors (Lipinski definition) is 3. The molecule has 0 aliphatic heterocycles. The predicted octanol–water partition coefficient (Wildman–Crippen LogP) is 2.10. The molecule has 0 N–H and O–H groups in total. The molecule has 78 valence electrons. The Hall–Kier alpha value is -1.42. The van der Waals surface area contributed by atoms with Crippen LogP contribution in [0.4, 0.5) is 0 Å². The minimum atomic E-state index is 0.381. The third-order valence-corrected chi connectivity index (χ3v) is 2.44. The number of nitrogens with zero attached hydrogens (tertiary/aromatic N) is 4. The summed E-state index contributed by atoms with van der Waals surface area (Å²) < 4.78 is 2.00. The van der Waals surface area contributed by atoms with Crippen molar-refractivity contribution in [2.75, 3.05) is 0 Å². The highest BCUT2D eigenvalue weighted by molar-refractivity contribution is 6.16. The lowest BCUT2D eigenvalue weighted by Crippen LogP contribution is -2.01. The van der Waals surface area contributed by atoms with Crippen molar-refractivity contribution < 1.29 is 0 Å². The lowest BCUT2D eigenvalue weighted by Gasteiger charge is -2.05. The van der Waals surface area contributed by atoms with Gasteiger partial charge in [0.25, 0.3) is 0 Å². The number of alkyl halides is 1. The van der Waals surface area contributed by atoms with Crippen molar-refractivity contribution in [3.8, 4) is 11.4 Å². The maximum atomic E-state index is 5.78. The second-order valence-corrected chi connectivity index (χ2v) is 3.32. The van der Waals surface area contributed by atoms with Crippen molar-refractivity contribution >= 4 is 11.6 Å². The van der Waals surface area contributed by atoms with Crippen LogP contribution in [0, 0.1) is 0 Å². The first-order valence-electron chi connectivity index (χ1n) is 4.75. The molecule has 0 atom stereocenters. The summed E-state index contributed by atoms with van der Waals surface area (Å²) in [5.74, 6) is 2.02. The van der Waals surface area contributed by atoms with Crippen LogP contribution in [0.2, 0.25) is 0 Å². The zero-order valence-corrected chi connectivity index (χ0v) is 9.15. The van der Waals surface area contributed by atoms with E-state index >= 15 is 0 Å². The van der Waals surface area contributed by atoms with Crippen LogP contribution >= 0.6 is 11.6 Å². The van der Waals surface area contributed by atoms with E-state index in [4.69, 9.17) is 11.6 Å². The van der Waals surface area contributed by atoms with Gasteiger partial charge in [0.15, 0.2) is 5.82 Å². The predicted molar refractivity (Wildman–Crippen MR) is 58.5 cm³/mol. The fourth-order valence-electron chi connectivity index (χ4n) is 1.48. The largest absolute Gasteiger partial charge is 0.310 e. The van der Waals surface area contributed by atoms with E-state index in [0.717, 1.165) is 23.8 Å². The zero-order chi connectivity index (χ0) is 10.7. The Morgan fingerprint density at radius 3 is 2.60 bits per heavy atom. The minimum absolute atomic E-state index is 0.381. The highest BCUT2D eigenvalue weighted by atomic mass is 35.5. The van der Waals surface area contributed by atoms with E-state index < -0.39 is 0 Å². The van der Waals surface area contributed by atoms with Crippen molar-refractivity contribution in [3.63, 3.8) is 0 Å². The SMILES string of the molecule is CCn1c(CCl)nnc1-c1ccncc1. The number of aromatic nitrogens is 4. The molecule has 0 saturated heterocycles. The molecule has 2 aromatic heterocycles. The topological polar surface area (TPSA) is 43.6 Å². The fourth-order valence-corrected chi connectivity index (χ4v) is 1.68. The molecule has 0 saturated carbocycles. The first-order chi connectivity index (χ1) is 7.36. The average Bonchev–Trinajstić information content (AvgIpc) is 2.72. The molecule has 2 aromatic rings. The molecule has 5 heteroatoms. The van der Waals surface area contributed by atoms with E-state index in [0.29, 0.717) is 5.88 Å². The van der Waals surface area contributed by atoms with E-state index in [1.165, 1.54) is 0 Å². The quantitative estimate of drug-likeness (QED) is 0.747. The van der Waals surface area contributed by atoms with Gasteiger partial charge in [-0.1, -0.05) is 0 Å². The van der Waals surface area contributed by atoms with Crippen LogP contribution in [0.5, 0.6) is 0 Å². The summed E-state index contributed by atoms with van der Waals surface area (Å²) in [4.78, 5) is 3.97. The van der Waals surface area contributed by atoms with Crippen LogP contribution in [0.15, 0.2) is 24.5 Å². The van der Waals surface area contributed by atoms with Crippen molar-refractivity contribution in [2.45, 2.75) is 19.3 Å². The Balaban J connectivity index is 2.49. The molecule has 0 bridgehead atoms. The van der Waals surface area contributed by atoms with Crippen molar-refractivity contribution in [2.24, 2.45) is 0 Å². The zero-order valence-electron chi connectivity index (χ0n) is 8.39. The lowest BCUT2D eigenvalue weighted by atomic mass is 10.2. The molecule has 0 fully saturated rings. The van der Waals surface area contributed by atoms with Gasteiger partial charge < -0.3 is 4.57 Å². The molecule has 0 aliphatic rings. The Labute approximate surface area is 92.9 Å². The fraction of sp³-hybridized carbons (Fsp3) is 0.300. The Morgan fingerprint density at radius 2 is 2.00 bits per heavy atom. The molecule has 0 amide bonds. The maximum absolute atomic E-state index is 5.78. The number of halogens is 1. The Bertz CT molecular complexity index is 438. The molecule has 0 aromatic carbocycles. The van der Waals surface area contributed by atoms with E-state index in [1.54, 1.807) is 12.4 Å². The van der Waals surface area contributed by atoms with Gasteiger partial charge in [0.05, 0.1) is 5.88 Å². The van der Waals surface area contributed by atoms with Crippen molar-refractivity contribution in [1.29, 1.82) is 0 Å². The van der Waals surface area contributed by atoms with Crippen LogP contribution in [0.25, 0.3) is 11.4 Å². The van der Waals surface area contributed by atoms with Gasteiger partial charge in [-0.3, -0.25) is 4.98 Å². The van der Waals surface area contributed by atoms with Gasteiger partial charge in [-0.05, 0) is 19.1 Å². The summed E-state index contributed by atoms with van der Waals surface area (Å²) in [6.07, 6.45) is 3.48. The van der Waals surface area contributed by atoms with Gasteiger partial charge in [-0.2, -0.15) is 0 Å². The van der Waals surface area contributed by atoms with E-state index in [9.17, 15) is 0 Å². The summed E-state index contributed by atoms with van der Waals surface area (Å²) in [5.41, 5.74) is 1.01. The van der Waals surface area contributed by atoms with Crippen LogP contribution in [0.3, 0.4) is 0 Å². The van der Waals surface area contributed by atoms with Gasteiger partial charge in [0.1, 0.15) is 5.82 Å². The third kappa shape index (κ3) is 1.85. The first kappa shape index (κ1) is 10.1. The summed E-state index contributed by atoms with van der Waals surface area (Å²) in [5, 5.41) is 8.17. The highest BCUT2D eigenvalue weighted by Crippen LogP contribution is 2.17. The highest BCUT2D eigenvalue weighted by Gasteiger charge is 2.10. The summed E-state index contributed by atoms with van der Waals surface area (Å²) in [6.45, 7) is 2.86. The van der Waals surface area contributed by atoms with E-state index in [1.807, 2.05) is 23.6 Å². The van der Waals surface area contributed by atoms with Gasteiger partial charge in [-0.25, -0.2) is 0 Å². The van der Waals surface area contributed by atoms with Gasteiger partial charge >= 0.3 is 0 Å². The van der Waals surface area contributed by atoms with Crippen LogP contribution in [-0.4, -0.2) is 19.7 Å². The Morgan fingerprint density at radius 1 is 1.27 bits per heavy atom. The molecule has 15 heavy (non-hydrogen) atoms. The maximum Gasteiger partial charge on any atom is 0.164 e. The molecule has 2 rings (SSSR count). The van der Waals surface area contributed by atoms with E-state index in [2.05, 4.69) is 15.2 Å². The normalized spacial score (nSPS) is 10.5. The standard InChI is InChI=1S/C10H11ClN4/c1-2-15-9(7-11)13-14-10(15)8-3-5-12-6-4-8/h3-6H,2,7H2,1H3. The number of rotatable bonds is 3. The third-order valence-electron chi connectivity index (χ3n) is 2.20. The van der Waals surface area contributed by atoms with Crippen molar-refractivity contribution in [1.82, 2.24) is 19.7 Å². The molecular formula is C10H11ClN4. The lowest BCUT2D eigenvalue weighted by molar-refractivity contribution is 0.731. The van der Waals surface area contributed by atoms with Crippen LogP contribution in [0.1, 0.15) is 12.7 Å². The smallest absolute Gasteiger partial charge is 0.164 e. The summed E-state index contributed by atoms with van der Waals surface area (Å²) in [7, 11) is 0. The minimum Gasteiger partial charge on any atom is -0.310 e. The summed E-state index contributed by atoms with van der Waals surface area (Å²) >= 11 is 5.78. The summed E-state index contributed by atoms with van der Waals surface area (Å²) in [6, 6.07) is 3.82. The van der Waals surface area contributed by atoms with E-state index in [-0.39, 0.29) is 0 Å². The molecule has 4 nitrogen and oxygen atoms in total. The molecular weight excluding hydrogens is 212 g/mol. The van der Waals surface area contributed by atoms with Crippen LogP contribution < -0.4 is 0 Å². The van der Waals surface area contributed by atoms with Crippen molar-refractivity contribution in [3.05, 3.63) is 30.4 Å². The number of pyridine rings is 1. The van der Waals surface area contributed by atoms with Crippen LogP contribution in [-0.2, 0) is 12.4 Å². The molecule has 2 heterocycles. The van der Waals surface area contributed by atoms with Gasteiger partial charge in [-0.15, -0.1) is 21.8 Å². The molecule has 0 aliphatic carbocycles. The molecule has 0 spiro atoms. The van der Waals surface area contributed by atoms with Gasteiger partial charge in [0, 0.05) is 24.5 Å². The number of hydrogen-bond donors (Lipinski definition) is 0. The second kappa shape index (κ2) is 4.40. The Kier molecular flexibility index (Phi) is 2.97.